The normalized spacial score (nSPS) is 14.7. The number of carbonyl (C=O) groups excluding carboxylic acids is 3. The summed E-state index contributed by atoms with van der Waals surface area (Å²) >= 11 is -2.72. The van der Waals surface area contributed by atoms with Crippen LogP contribution in [0.25, 0.3) is 0 Å². The summed E-state index contributed by atoms with van der Waals surface area (Å²) in [4.78, 5) is 37.8. The molecular weight excluding hydrogens is 440 g/mol. The van der Waals surface area contributed by atoms with E-state index in [1.807, 2.05) is 0 Å². The lowest BCUT2D eigenvalue weighted by molar-refractivity contribution is -0.120. The third kappa shape index (κ3) is 5.22. The summed E-state index contributed by atoms with van der Waals surface area (Å²) in [5.74, 6) is -1.19. The largest absolute Gasteiger partial charge is 0.748 e. The number of aromatic hydroxyl groups is 1. The fourth-order valence-electron chi connectivity index (χ4n) is 3.17. The number of hydroxylamine groups is 1. The van der Waals surface area contributed by atoms with Gasteiger partial charge >= 0.3 is 6.03 Å². The fourth-order valence-corrected chi connectivity index (χ4v) is 3.44. The molecule has 1 heterocycles. The van der Waals surface area contributed by atoms with Crippen LogP contribution in [0.4, 0.5) is 21.9 Å². The second-order valence-corrected chi connectivity index (χ2v) is 7.44. The second kappa shape index (κ2) is 9.77. The molecule has 3 N–H and O–H groups in total. The highest BCUT2D eigenvalue weighted by Crippen LogP contribution is 2.31. The minimum Gasteiger partial charge on any atom is -0.748 e. The van der Waals surface area contributed by atoms with E-state index in [0.29, 0.717) is 29.0 Å². The molecule has 1 fully saturated rings. The molecule has 1 aliphatic rings. The number of imide groups is 1. The molecule has 0 bridgehead atoms. The average Bonchev–Trinajstić information content (AvgIpc) is 2.74. The van der Waals surface area contributed by atoms with Gasteiger partial charge in [-0.15, -0.1) is 0 Å². The van der Waals surface area contributed by atoms with E-state index in [9.17, 15) is 28.3 Å². The molecule has 32 heavy (non-hydrogen) atoms. The lowest BCUT2D eigenvalue weighted by Gasteiger charge is -2.27. The molecular formula is C20H21N4O7S-. The smallest absolute Gasteiger partial charge is 0.328 e. The topological polar surface area (TPSA) is 151 Å². The Kier molecular flexibility index (Phi) is 7.08. The first-order valence-corrected chi connectivity index (χ1v) is 10.6. The summed E-state index contributed by atoms with van der Waals surface area (Å²) in [7, 11) is 1.41. The molecule has 0 spiro atoms. The summed E-state index contributed by atoms with van der Waals surface area (Å²) in [6, 6.07) is 8.53. The average molecular weight is 461 g/mol. The minimum atomic E-state index is -2.72. The van der Waals surface area contributed by atoms with Crippen molar-refractivity contribution < 1.29 is 32.5 Å². The van der Waals surface area contributed by atoms with Gasteiger partial charge in [-0.1, -0.05) is 6.92 Å². The van der Waals surface area contributed by atoms with Crippen LogP contribution < -0.4 is 20.6 Å². The maximum Gasteiger partial charge on any atom is 0.328 e. The first-order chi connectivity index (χ1) is 15.2. The van der Waals surface area contributed by atoms with E-state index in [1.165, 1.54) is 42.3 Å². The number of benzene rings is 2. The van der Waals surface area contributed by atoms with Crippen LogP contribution in [0, 0.1) is 0 Å². The number of hydrogen-bond acceptors (Lipinski definition) is 8. The highest BCUT2D eigenvalue weighted by molar-refractivity contribution is 7.74. The summed E-state index contributed by atoms with van der Waals surface area (Å²) in [5.41, 5.74) is 1.64. The molecule has 4 amide bonds. The Balaban J connectivity index is 1.83. The molecule has 0 saturated carbocycles. The van der Waals surface area contributed by atoms with Crippen LogP contribution in [0.5, 0.6) is 5.75 Å². The third-order valence-corrected chi connectivity index (χ3v) is 5.17. The van der Waals surface area contributed by atoms with Gasteiger partial charge in [-0.3, -0.25) is 19.8 Å². The van der Waals surface area contributed by atoms with Gasteiger partial charge < -0.3 is 15.0 Å². The van der Waals surface area contributed by atoms with E-state index in [-0.39, 0.29) is 30.2 Å². The highest BCUT2D eigenvalue weighted by Gasteiger charge is 2.26. The van der Waals surface area contributed by atoms with E-state index < -0.39 is 23.3 Å². The number of phenols is 1. The molecule has 3 rings (SSSR count). The molecule has 2 aromatic carbocycles. The Labute approximate surface area is 186 Å². The van der Waals surface area contributed by atoms with Gasteiger partial charge in [-0.2, -0.15) is 4.28 Å². The molecule has 1 saturated heterocycles. The number of aryl methyl sites for hydroxylation is 1. The predicted octanol–water partition coefficient (Wildman–Crippen LogP) is 1.82. The van der Waals surface area contributed by atoms with E-state index in [2.05, 4.69) is 14.9 Å². The van der Waals surface area contributed by atoms with Crippen molar-refractivity contribution in [3.63, 3.8) is 0 Å². The maximum absolute atomic E-state index is 12.9. The van der Waals surface area contributed by atoms with Crippen LogP contribution in [-0.4, -0.2) is 45.3 Å². The summed E-state index contributed by atoms with van der Waals surface area (Å²) in [6.45, 7) is 1.96. The third-order valence-electron chi connectivity index (χ3n) is 4.83. The number of amides is 4. The van der Waals surface area contributed by atoms with Gasteiger partial charge in [-0.05, 0) is 48.4 Å². The standard InChI is InChI=1S/C20H22N4O7S/c1-3-12-10-15(24-9-8-17(25)22-20(24)28)11-16(18(12)26)19(27)21-13-4-6-14(7-5-13)23(2)31-32(29)30/h4-7,10-11,26H,3,8-9H2,1-2H3,(H,21,27)(H,29,30)(H,22,25,28)/p-1. The zero-order chi connectivity index (χ0) is 23.4. The SMILES string of the molecule is CCc1cc(N2CCC(=O)NC2=O)cc(C(=O)Nc2ccc(N(C)OS(=O)[O-])cc2)c1O. The molecule has 170 valence electrons. The van der Waals surface area contributed by atoms with E-state index in [4.69, 9.17) is 0 Å². The van der Waals surface area contributed by atoms with Crippen LogP contribution >= 0.6 is 0 Å². The zero-order valence-corrected chi connectivity index (χ0v) is 18.1. The lowest BCUT2D eigenvalue weighted by Crippen LogP contribution is -2.49. The Morgan fingerprint density at radius 1 is 1.31 bits per heavy atom. The molecule has 0 aromatic heterocycles. The molecule has 1 unspecified atom stereocenters. The van der Waals surface area contributed by atoms with Gasteiger partial charge in [0, 0.05) is 31.4 Å². The minimum absolute atomic E-state index is 0.0321. The van der Waals surface area contributed by atoms with Crippen molar-refractivity contribution in [1.29, 1.82) is 0 Å². The molecule has 2 aromatic rings. The number of carbonyl (C=O) groups is 3. The van der Waals surface area contributed by atoms with E-state index in [1.54, 1.807) is 13.0 Å². The number of urea groups is 1. The summed E-state index contributed by atoms with van der Waals surface area (Å²) < 4.78 is 25.8. The maximum atomic E-state index is 12.9. The number of nitrogens with zero attached hydrogens (tertiary/aromatic N) is 2. The fraction of sp³-hybridized carbons (Fsp3) is 0.250. The van der Waals surface area contributed by atoms with Crippen molar-refractivity contribution in [2.45, 2.75) is 19.8 Å². The number of phenolic OH excluding ortho intramolecular Hbond substituents is 1. The first kappa shape index (κ1) is 23.2. The van der Waals surface area contributed by atoms with Crippen LogP contribution in [0.3, 0.4) is 0 Å². The Morgan fingerprint density at radius 2 is 2.00 bits per heavy atom. The number of anilines is 3. The molecule has 11 nitrogen and oxygen atoms in total. The van der Waals surface area contributed by atoms with Gasteiger partial charge in [0.1, 0.15) is 17.1 Å². The van der Waals surface area contributed by atoms with E-state index in [0.717, 1.165) is 5.06 Å². The highest BCUT2D eigenvalue weighted by atomic mass is 32.2. The van der Waals surface area contributed by atoms with Gasteiger partial charge in [0.15, 0.2) is 0 Å². The zero-order valence-electron chi connectivity index (χ0n) is 17.3. The number of hydrogen-bond donors (Lipinski definition) is 3. The monoisotopic (exact) mass is 461 g/mol. The predicted molar refractivity (Wildman–Crippen MR) is 116 cm³/mol. The quantitative estimate of drug-likeness (QED) is 0.417. The van der Waals surface area contributed by atoms with E-state index >= 15 is 0 Å². The van der Waals surface area contributed by atoms with Crippen molar-refractivity contribution in [3.05, 3.63) is 47.5 Å². The van der Waals surface area contributed by atoms with Crippen molar-refractivity contribution in [2.24, 2.45) is 0 Å². The van der Waals surface area contributed by atoms with Crippen LogP contribution in [0.1, 0.15) is 29.3 Å². The molecule has 1 aliphatic heterocycles. The van der Waals surface area contributed by atoms with Crippen molar-refractivity contribution in [1.82, 2.24) is 5.32 Å². The Bertz CT molecular complexity index is 1070. The molecule has 0 aliphatic carbocycles. The van der Waals surface area contributed by atoms with Crippen molar-refractivity contribution >= 4 is 46.3 Å². The van der Waals surface area contributed by atoms with Crippen molar-refractivity contribution in [3.8, 4) is 5.75 Å². The molecule has 1 atom stereocenters. The molecule has 12 heteroatoms. The van der Waals surface area contributed by atoms with Crippen molar-refractivity contribution in [2.75, 3.05) is 28.9 Å². The number of nitrogens with one attached hydrogen (secondary N) is 2. The Morgan fingerprint density at radius 3 is 2.59 bits per heavy atom. The summed E-state index contributed by atoms with van der Waals surface area (Å²) in [6.07, 6.45) is 0.538. The van der Waals surface area contributed by atoms with Gasteiger partial charge in [0.05, 0.1) is 11.3 Å². The summed E-state index contributed by atoms with van der Waals surface area (Å²) in [5, 5.41) is 16.5. The second-order valence-electron chi connectivity index (χ2n) is 6.89. The van der Waals surface area contributed by atoms with Gasteiger partial charge in [0.25, 0.3) is 5.91 Å². The first-order valence-electron chi connectivity index (χ1n) is 9.59. The molecule has 0 radical (unpaired) electrons. The lowest BCUT2D eigenvalue weighted by atomic mass is 10.0. The van der Waals surface area contributed by atoms with Crippen LogP contribution in [0.2, 0.25) is 0 Å². The number of rotatable bonds is 7. The van der Waals surface area contributed by atoms with Gasteiger partial charge in [-0.25, -0.2) is 14.1 Å². The van der Waals surface area contributed by atoms with Crippen LogP contribution in [-0.2, 0) is 26.9 Å². The van der Waals surface area contributed by atoms with Gasteiger partial charge in [0.2, 0.25) is 5.91 Å². The Hall–Kier alpha value is -3.48. The van der Waals surface area contributed by atoms with Crippen LogP contribution in [0.15, 0.2) is 36.4 Å².